The second-order valence-corrected chi connectivity index (χ2v) is 5.23. The van der Waals surface area contributed by atoms with Gasteiger partial charge in [0.15, 0.2) is 0 Å². The summed E-state index contributed by atoms with van der Waals surface area (Å²) in [6, 6.07) is 8.77. The van der Waals surface area contributed by atoms with E-state index < -0.39 is 0 Å². The maximum Gasteiger partial charge on any atom is 0.0294 e. The highest BCUT2D eigenvalue weighted by atomic mass is 32.2. The molecule has 0 fully saturated rings. The molecule has 16 heavy (non-hydrogen) atoms. The molecule has 1 rings (SSSR count). The Kier molecular flexibility index (Phi) is 6.53. The summed E-state index contributed by atoms with van der Waals surface area (Å²) in [5, 5.41) is 0. The highest BCUT2D eigenvalue weighted by Gasteiger charge is 2.05. The molecule has 1 aromatic carbocycles. The fourth-order valence-electron chi connectivity index (χ4n) is 1.65. The Morgan fingerprint density at radius 3 is 2.44 bits per heavy atom. The molecule has 0 radical (unpaired) electrons. The van der Waals surface area contributed by atoms with Gasteiger partial charge in [0.2, 0.25) is 0 Å². The minimum atomic E-state index is 0.159. The second-order valence-electron chi connectivity index (χ2n) is 3.89. The number of hydrogen-bond donors (Lipinski definition) is 2. The van der Waals surface area contributed by atoms with Crippen LogP contribution in [0.25, 0.3) is 0 Å². The van der Waals surface area contributed by atoms with E-state index in [0.717, 1.165) is 31.6 Å². The monoisotopic (exact) mass is 238 g/mol. The van der Waals surface area contributed by atoms with Crippen LogP contribution in [-0.2, 0) is 0 Å². The van der Waals surface area contributed by atoms with Crippen molar-refractivity contribution in [1.82, 2.24) is 0 Å². The van der Waals surface area contributed by atoms with Crippen LogP contribution in [0, 0.1) is 0 Å². The van der Waals surface area contributed by atoms with E-state index in [1.54, 1.807) is 0 Å². The molecule has 3 heteroatoms. The number of nitrogens with two attached hydrogens (primary N) is 2. The van der Waals surface area contributed by atoms with E-state index in [1.807, 2.05) is 11.8 Å². The van der Waals surface area contributed by atoms with Gasteiger partial charge in [-0.2, -0.15) is 0 Å². The summed E-state index contributed by atoms with van der Waals surface area (Å²) in [5.74, 6) is 1.11. The fraction of sp³-hybridized carbons (Fsp3) is 0.538. The van der Waals surface area contributed by atoms with Gasteiger partial charge in [-0.05, 0) is 42.8 Å². The Morgan fingerprint density at radius 1 is 1.19 bits per heavy atom. The first-order chi connectivity index (χ1) is 7.77. The molecule has 0 unspecified atom stereocenters. The predicted octanol–water partition coefficient (Wildman–Crippen LogP) is 2.93. The van der Waals surface area contributed by atoms with Gasteiger partial charge in [0.25, 0.3) is 0 Å². The van der Waals surface area contributed by atoms with Crippen LogP contribution in [-0.4, -0.2) is 12.3 Å². The summed E-state index contributed by atoms with van der Waals surface area (Å²) >= 11 is 1.86. The molecule has 0 saturated heterocycles. The molecule has 0 aromatic heterocycles. The third kappa shape index (κ3) is 4.56. The SMILES string of the molecule is CCSc1ccc([C@H](N)CCCCN)cc1. The minimum absolute atomic E-state index is 0.159. The molecule has 0 amide bonds. The molecule has 0 aliphatic heterocycles. The first-order valence-electron chi connectivity index (χ1n) is 5.96. The van der Waals surface area contributed by atoms with E-state index in [9.17, 15) is 0 Å². The minimum Gasteiger partial charge on any atom is -0.330 e. The first-order valence-corrected chi connectivity index (χ1v) is 6.95. The fourth-order valence-corrected chi connectivity index (χ4v) is 2.32. The van der Waals surface area contributed by atoms with Gasteiger partial charge in [-0.3, -0.25) is 0 Å². The van der Waals surface area contributed by atoms with Crippen molar-refractivity contribution in [3.63, 3.8) is 0 Å². The summed E-state index contributed by atoms with van der Waals surface area (Å²) in [4.78, 5) is 1.32. The van der Waals surface area contributed by atoms with Crippen LogP contribution in [0.15, 0.2) is 29.2 Å². The maximum atomic E-state index is 6.11. The van der Waals surface area contributed by atoms with Gasteiger partial charge >= 0.3 is 0 Å². The summed E-state index contributed by atoms with van der Waals surface area (Å²) in [6.07, 6.45) is 3.21. The standard InChI is InChI=1S/C13H22N2S/c1-2-16-12-8-6-11(7-9-12)13(15)5-3-4-10-14/h6-9,13H,2-5,10,14-15H2,1H3/t13-/m1/s1. The number of unbranched alkanes of at least 4 members (excludes halogenated alkanes) is 1. The Balaban J connectivity index is 2.46. The van der Waals surface area contributed by atoms with E-state index in [0.29, 0.717) is 0 Å². The highest BCUT2D eigenvalue weighted by molar-refractivity contribution is 7.99. The zero-order chi connectivity index (χ0) is 11.8. The quantitative estimate of drug-likeness (QED) is 0.567. The second kappa shape index (κ2) is 7.71. The van der Waals surface area contributed by atoms with E-state index in [2.05, 4.69) is 31.2 Å². The van der Waals surface area contributed by atoms with E-state index >= 15 is 0 Å². The van der Waals surface area contributed by atoms with Crippen LogP contribution in [0.4, 0.5) is 0 Å². The normalized spacial score (nSPS) is 12.7. The van der Waals surface area contributed by atoms with Gasteiger partial charge in [0.1, 0.15) is 0 Å². The number of rotatable bonds is 7. The molecule has 1 aromatic rings. The Hall–Kier alpha value is -0.510. The van der Waals surface area contributed by atoms with E-state index in [1.165, 1.54) is 10.5 Å². The van der Waals surface area contributed by atoms with Crippen molar-refractivity contribution in [3.8, 4) is 0 Å². The van der Waals surface area contributed by atoms with Gasteiger partial charge < -0.3 is 11.5 Å². The number of benzene rings is 1. The smallest absolute Gasteiger partial charge is 0.0294 e. The Morgan fingerprint density at radius 2 is 1.88 bits per heavy atom. The summed E-state index contributed by atoms with van der Waals surface area (Å²) in [6.45, 7) is 2.93. The summed E-state index contributed by atoms with van der Waals surface area (Å²) in [7, 11) is 0. The molecule has 0 bridgehead atoms. The average molecular weight is 238 g/mol. The van der Waals surface area contributed by atoms with Crippen LogP contribution in [0.5, 0.6) is 0 Å². The molecular weight excluding hydrogens is 216 g/mol. The topological polar surface area (TPSA) is 52.0 Å². The zero-order valence-corrected chi connectivity index (χ0v) is 10.8. The summed E-state index contributed by atoms with van der Waals surface area (Å²) < 4.78 is 0. The van der Waals surface area contributed by atoms with Crippen LogP contribution in [0.3, 0.4) is 0 Å². The third-order valence-electron chi connectivity index (χ3n) is 2.59. The molecule has 0 saturated carbocycles. The van der Waals surface area contributed by atoms with Crippen molar-refractivity contribution in [2.24, 2.45) is 11.5 Å². The number of thioether (sulfide) groups is 1. The van der Waals surface area contributed by atoms with Gasteiger partial charge in [-0.15, -0.1) is 11.8 Å². The molecule has 0 aliphatic rings. The van der Waals surface area contributed by atoms with Crippen molar-refractivity contribution >= 4 is 11.8 Å². The van der Waals surface area contributed by atoms with Crippen LogP contribution >= 0.6 is 11.8 Å². The lowest BCUT2D eigenvalue weighted by Gasteiger charge is -2.12. The van der Waals surface area contributed by atoms with Crippen LogP contribution in [0.1, 0.15) is 37.8 Å². The van der Waals surface area contributed by atoms with Gasteiger partial charge in [0, 0.05) is 10.9 Å². The predicted molar refractivity (Wildman–Crippen MR) is 72.7 cm³/mol. The first kappa shape index (κ1) is 13.6. The van der Waals surface area contributed by atoms with Crippen molar-refractivity contribution < 1.29 is 0 Å². The van der Waals surface area contributed by atoms with Crippen molar-refractivity contribution in [2.45, 2.75) is 37.1 Å². The van der Waals surface area contributed by atoms with Crippen molar-refractivity contribution in [3.05, 3.63) is 29.8 Å². The molecule has 0 spiro atoms. The Bertz CT molecular complexity index is 284. The third-order valence-corrected chi connectivity index (χ3v) is 3.48. The average Bonchev–Trinajstić information content (AvgIpc) is 2.30. The van der Waals surface area contributed by atoms with Crippen molar-refractivity contribution in [1.29, 1.82) is 0 Å². The van der Waals surface area contributed by atoms with Gasteiger partial charge in [-0.25, -0.2) is 0 Å². The number of hydrogen-bond acceptors (Lipinski definition) is 3. The van der Waals surface area contributed by atoms with Crippen molar-refractivity contribution in [2.75, 3.05) is 12.3 Å². The lowest BCUT2D eigenvalue weighted by molar-refractivity contribution is 0.591. The molecule has 2 nitrogen and oxygen atoms in total. The summed E-state index contributed by atoms with van der Waals surface area (Å²) in [5.41, 5.74) is 12.8. The lowest BCUT2D eigenvalue weighted by atomic mass is 10.0. The molecule has 0 aliphatic carbocycles. The van der Waals surface area contributed by atoms with Crippen LogP contribution in [0.2, 0.25) is 0 Å². The molecule has 0 heterocycles. The van der Waals surface area contributed by atoms with Gasteiger partial charge in [0.05, 0.1) is 0 Å². The van der Waals surface area contributed by atoms with E-state index in [4.69, 9.17) is 11.5 Å². The Labute approximate surface area is 103 Å². The zero-order valence-electron chi connectivity index (χ0n) is 9.99. The molecule has 1 atom stereocenters. The molecule has 4 N–H and O–H groups in total. The maximum absolute atomic E-state index is 6.11. The lowest BCUT2D eigenvalue weighted by Crippen LogP contribution is -2.10. The van der Waals surface area contributed by atoms with Crippen LogP contribution < -0.4 is 11.5 Å². The van der Waals surface area contributed by atoms with E-state index in [-0.39, 0.29) is 6.04 Å². The molecule has 90 valence electrons. The van der Waals surface area contributed by atoms with Gasteiger partial charge in [-0.1, -0.05) is 25.5 Å². The largest absolute Gasteiger partial charge is 0.330 e. The molecular formula is C13H22N2S. The highest BCUT2D eigenvalue weighted by Crippen LogP contribution is 2.22.